The number of nitrogens with zero attached hydrogens (tertiary/aromatic N) is 3. The smallest absolute Gasteiger partial charge is 0.319 e. The zero-order valence-corrected chi connectivity index (χ0v) is 15.7. The molecule has 2 aromatic rings. The molecule has 1 aromatic heterocycles. The van der Waals surface area contributed by atoms with Crippen LogP contribution in [0, 0.1) is 11.3 Å². The Labute approximate surface area is 163 Å². The first-order valence-electron chi connectivity index (χ1n) is 9.36. The fraction of sp³-hybridized carbons (Fsp3) is 0.400. The first-order chi connectivity index (χ1) is 13.7. The molecule has 1 aliphatic carbocycles. The Hall–Kier alpha value is -3.34. The Balaban J connectivity index is 1.43. The molecule has 2 amide bonds. The maximum Gasteiger partial charge on any atom is 0.319 e. The minimum atomic E-state index is -0.228. The molecule has 0 aliphatic heterocycles. The van der Waals surface area contributed by atoms with Gasteiger partial charge in [0.05, 0.1) is 6.61 Å². The summed E-state index contributed by atoms with van der Waals surface area (Å²) < 4.78 is 11.2. The summed E-state index contributed by atoms with van der Waals surface area (Å²) in [6.07, 6.45) is 6.08. The van der Waals surface area contributed by atoms with Crippen LogP contribution in [-0.4, -0.2) is 34.8 Å². The molecule has 1 heterocycles. The molecule has 0 bridgehead atoms. The van der Waals surface area contributed by atoms with Gasteiger partial charge >= 0.3 is 6.03 Å². The number of hydrogen-bond acceptors (Lipinski definition) is 6. The Bertz CT molecular complexity index is 826. The molecule has 1 fully saturated rings. The number of amides is 2. The number of rotatable bonds is 6. The second-order valence-electron chi connectivity index (χ2n) is 6.47. The van der Waals surface area contributed by atoms with Crippen LogP contribution < -0.4 is 20.1 Å². The molecule has 0 spiro atoms. The van der Waals surface area contributed by atoms with Crippen LogP contribution in [-0.2, 0) is 0 Å². The average Bonchev–Trinajstić information content (AvgIpc) is 2.71. The lowest BCUT2D eigenvalue weighted by Gasteiger charge is -2.29. The molecule has 1 aliphatic rings. The van der Waals surface area contributed by atoms with Gasteiger partial charge in [-0.25, -0.2) is 14.8 Å². The quantitative estimate of drug-likeness (QED) is 0.795. The number of anilines is 1. The molecule has 0 saturated heterocycles. The molecule has 146 valence electrons. The van der Waals surface area contributed by atoms with Crippen LogP contribution in [0.5, 0.6) is 11.6 Å². The van der Waals surface area contributed by atoms with Gasteiger partial charge in [0.2, 0.25) is 5.69 Å². The van der Waals surface area contributed by atoms with E-state index < -0.39 is 0 Å². The highest BCUT2D eigenvalue weighted by Gasteiger charge is 2.24. The van der Waals surface area contributed by atoms with Gasteiger partial charge in [-0.2, -0.15) is 5.26 Å². The standard InChI is InChI=1S/C20H23N5O3/c1-2-27-16-7-3-14(4-8-16)24-20(26)25-15-5-9-17(10-6-15)28-19-18(13-21)22-11-12-23-19/h3-4,7-8,11-12,15,17H,2,5-6,9-10H2,1H3,(H2,24,25,26). The van der Waals surface area contributed by atoms with E-state index >= 15 is 0 Å². The number of ether oxygens (including phenoxy) is 2. The van der Waals surface area contributed by atoms with Crippen molar-refractivity contribution in [1.82, 2.24) is 15.3 Å². The first-order valence-corrected chi connectivity index (χ1v) is 9.36. The maximum atomic E-state index is 12.2. The topological polar surface area (TPSA) is 109 Å². The third-order valence-electron chi connectivity index (χ3n) is 4.48. The largest absolute Gasteiger partial charge is 0.494 e. The highest BCUT2D eigenvalue weighted by Crippen LogP contribution is 2.24. The van der Waals surface area contributed by atoms with E-state index in [1.54, 1.807) is 0 Å². The zero-order valence-electron chi connectivity index (χ0n) is 15.7. The number of carbonyl (C=O) groups is 1. The van der Waals surface area contributed by atoms with E-state index in [1.807, 2.05) is 37.3 Å². The fourth-order valence-electron chi connectivity index (χ4n) is 3.12. The molecular weight excluding hydrogens is 358 g/mol. The number of carbonyl (C=O) groups excluding carboxylic acids is 1. The third kappa shape index (κ3) is 5.33. The Morgan fingerprint density at radius 3 is 2.57 bits per heavy atom. The highest BCUT2D eigenvalue weighted by atomic mass is 16.5. The van der Waals surface area contributed by atoms with E-state index in [1.165, 1.54) is 12.4 Å². The van der Waals surface area contributed by atoms with Crippen LogP contribution in [0.15, 0.2) is 36.7 Å². The van der Waals surface area contributed by atoms with Crippen LogP contribution in [0.25, 0.3) is 0 Å². The van der Waals surface area contributed by atoms with E-state index in [4.69, 9.17) is 14.7 Å². The number of aromatic nitrogens is 2. The van der Waals surface area contributed by atoms with Gasteiger partial charge in [0, 0.05) is 24.1 Å². The van der Waals surface area contributed by atoms with Crippen molar-refractivity contribution in [3.63, 3.8) is 0 Å². The maximum absolute atomic E-state index is 12.2. The van der Waals surface area contributed by atoms with Crippen molar-refractivity contribution < 1.29 is 14.3 Å². The van der Waals surface area contributed by atoms with Crippen LogP contribution in [0.4, 0.5) is 10.5 Å². The number of benzene rings is 1. The molecule has 0 atom stereocenters. The summed E-state index contributed by atoms with van der Waals surface area (Å²) in [5.41, 5.74) is 0.905. The number of nitrogens with one attached hydrogen (secondary N) is 2. The minimum absolute atomic E-state index is 0.0315. The second kappa shape index (κ2) is 9.55. The predicted octanol–water partition coefficient (Wildman–Crippen LogP) is 3.26. The lowest BCUT2D eigenvalue weighted by Crippen LogP contribution is -2.41. The van der Waals surface area contributed by atoms with Crippen molar-refractivity contribution in [3.8, 4) is 17.7 Å². The Kier molecular flexibility index (Phi) is 6.63. The van der Waals surface area contributed by atoms with Gasteiger partial charge in [0.25, 0.3) is 5.88 Å². The molecular formula is C20H23N5O3. The molecule has 0 unspecified atom stereocenters. The summed E-state index contributed by atoms with van der Waals surface area (Å²) in [5, 5.41) is 14.9. The molecule has 3 rings (SSSR count). The summed E-state index contributed by atoms with van der Waals surface area (Å²) in [5.74, 6) is 1.05. The van der Waals surface area contributed by atoms with Crippen molar-refractivity contribution in [2.75, 3.05) is 11.9 Å². The van der Waals surface area contributed by atoms with Gasteiger partial charge < -0.3 is 20.1 Å². The SMILES string of the molecule is CCOc1ccc(NC(=O)NC2CCC(Oc3nccnc3C#N)CC2)cc1. The molecule has 0 radical (unpaired) electrons. The number of hydrogen-bond donors (Lipinski definition) is 2. The summed E-state index contributed by atoms with van der Waals surface area (Å²) in [7, 11) is 0. The summed E-state index contributed by atoms with van der Waals surface area (Å²) in [6, 6.07) is 9.10. The van der Waals surface area contributed by atoms with Crippen molar-refractivity contribution in [1.29, 1.82) is 5.26 Å². The molecule has 8 heteroatoms. The van der Waals surface area contributed by atoms with E-state index in [9.17, 15) is 4.79 Å². The lowest BCUT2D eigenvalue weighted by atomic mass is 9.93. The predicted molar refractivity (Wildman–Crippen MR) is 103 cm³/mol. The Morgan fingerprint density at radius 2 is 1.89 bits per heavy atom. The van der Waals surface area contributed by atoms with Gasteiger partial charge in [0.1, 0.15) is 17.9 Å². The van der Waals surface area contributed by atoms with Crippen LogP contribution in [0.2, 0.25) is 0 Å². The van der Waals surface area contributed by atoms with Gasteiger partial charge in [-0.15, -0.1) is 0 Å². The van der Waals surface area contributed by atoms with Crippen LogP contribution in [0.1, 0.15) is 38.3 Å². The molecule has 2 N–H and O–H groups in total. The van der Waals surface area contributed by atoms with Crippen LogP contribution in [0.3, 0.4) is 0 Å². The summed E-state index contributed by atoms with van der Waals surface area (Å²) in [4.78, 5) is 20.2. The van der Waals surface area contributed by atoms with E-state index in [0.717, 1.165) is 31.4 Å². The van der Waals surface area contributed by atoms with Crippen molar-refractivity contribution in [3.05, 3.63) is 42.4 Å². The highest BCUT2D eigenvalue weighted by molar-refractivity contribution is 5.89. The zero-order chi connectivity index (χ0) is 19.8. The van der Waals surface area contributed by atoms with Crippen molar-refractivity contribution >= 4 is 11.7 Å². The third-order valence-corrected chi connectivity index (χ3v) is 4.48. The fourth-order valence-corrected chi connectivity index (χ4v) is 3.12. The second-order valence-corrected chi connectivity index (χ2v) is 6.47. The van der Waals surface area contributed by atoms with E-state index in [2.05, 4.69) is 20.6 Å². The molecule has 28 heavy (non-hydrogen) atoms. The lowest BCUT2D eigenvalue weighted by molar-refractivity contribution is 0.134. The Morgan fingerprint density at radius 1 is 1.18 bits per heavy atom. The molecule has 8 nitrogen and oxygen atoms in total. The monoisotopic (exact) mass is 381 g/mol. The average molecular weight is 381 g/mol. The molecule has 1 saturated carbocycles. The summed E-state index contributed by atoms with van der Waals surface area (Å²) in [6.45, 7) is 2.53. The minimum Gasteiger partial charge on any atom is -0.494 e. The summed E-state index contributed by atoms with van der Waals surface area (Å²) >= 11 is 0. The normalized spacial score (nSPS) is 18.6. The van der Waals surface area contributed by atoms with Crippen LogP contribution >= 0.6 is 0 Å². The van der Waals surface area contributed by atoms with Crippen molar-refractivity contribution in [2.45, 2.75) is 44.8 Å². The first kappa shape index (κ1) is 19.4. The van der Waals surface area contributed by atoms with E-state index in [0.29, 0.717) is 12.3 Å². The van der Waals surface area contributed by atoms with Gasteiger partial charge in [0.15, 0.2) is 0 Å². The molecule has 1 aromatic carbocycles. The van der Waals surface area contributed by atoms with Gasteiger partial charge in [-0.3, -0.25) is 0 Å². The number of nitriles is 1. The van der Waals surface area contributed by atoms with Gasteiger partial charge in [-0.05, 0) is 56.9 Å². The van der Waals surface area contributed by atoms with Crippen molar-refractivity contribution in [2.24, 2.45) is 0 Å². The number of urea groups is 1. The van der Waals surface area contributed by atoms with E-state index in [-0.39, 0.29) is 29.8 Å². The van der Waals surface area contributed by atoms with Gasteiger partial charge in [-0.1, -0.05) is 0 Å².